The summed E-state index contributed by atoms with van der Waals surface area (Å²) in [4.78, 5) is 9.39. The number of hydrogen-bond donors (Lipinski definition) is 1. The Morgan fingerprint density at radius 2 is 1.45 bits per heavy atom. The number of nitrogens with zero attached hydrogens (tertiary/aromatic N) is 2. The fourth-order valence-electron chi connectivity index (χ4n) is 3.23. The number of ether oxygens (including phenoxy) is 4. The first kappa shape index (κ1) is 22.5. The summed E-state index contributed by atoms with van der Waals surface area (Å²) >= 11 is 0. The summed E-state index contributed by atoms with van der Waals surface area (Å²) in [6.07, 6.45) is 3.11. The van der Waals surface area contributed by atoms with Crippen LogP contribution in [-0.2, 0) is 17.6 Å². The molecule has 2 aromatic carbocycles. The van der Waals surface area contributed by atoms with E-state index >= 15 is 0 Å². The Hall–Kier alpha value is -3.16. The molecule has 4 rings (SSSR count). The molecule has 1 aromatic heterocycles. The zero-order valence-corrected chi connectivity index (χ0v) is 18.0. The van der Waals surface area contributed by atoms with E-state index in [1.165, 1.54) is 0 Å². The van der Waals surface area contributed by atoms with Crippen molar-refractivity contribution in [2.75, 3.05) is 34.0 Å². The molecule has 2 heterocycles. The Labute approximate surface area is 182 Å². The fraction of sp³-hybridized carbons (Fsp3) is 0.333. The van der Waals surface area contributed by atoms with Crippen molar-refractivity contribution in [2.24, 2.45) is 5.92 Å². The maximum atomic E-state index is 6.05. The second kappa shape index (κ2) is 10.7. The van der Waals surface area contributed by atoms with Crippen LogP contribution < -0.4 is 20.4 Å². The molecule has 1 fully saturated rings. The maximum absolute atomic E-state index is 6.05. The SMILES string of the molecule is COc1ccc(Cc2ncc(OCC3COC3)c(Cc3ccc(OC)cc3)n2)cc1.N. The van der Waals surface area contributed by atoms with Gasteiger partial charge in [0.05, 0.1) is 45.9 Å². The van der Waals surface area contributed by atoms with Crippen LogP contribution in [0.5, 0.6) is 17.2 Å². The number of methoxy groups -OCH3 is 2. The average Bonchev–Trinajstić information content (AvgIpc) is 2.75. The van der Waals surface area contributed by atoms with Crippen molar-refractivity contribution in [3.05, 3.63) is 77.4 Å². The summed E-state index contributed by atoms with van der Waals surface area (Å²) in [5, 5.41) is 0. The molecule has 164 valence electrons. The molecular weight excluding hydrogens is 394 g/mol. The lowest BCUT2D eigenvalue weighted by Gasteiger charge is -2.26. The maximum Gasteiger partial charge on any atom is 0.159 e. The molecule has 3 N–H and O–H groups in total. The van der Waals surface area contributed by atoms with Gasteiger partial charge in [-0.05, 0) is 35.4 Å². The van der Waals surface area contributed by atoms with Crippen LogP contribution in [0.15, 0.2) is 54.7 Å². The number of hydrogen-bond acceptors (Lipinski definition) is 7. The first-order valence-electron chi connectivity index (χ1n) is 10.0. The van der Waals surface area contributed by atoms with Crippen LogP contribution in [0.25, 0.3) is 0 Å². The average molecular weight is 424 g/mol. The van der Waals surface area contributed by atoms with Gasteiger partial charge in [-0.1, -0.05) is 24.3 Å². The number of aromatic nitrogens is 2. The molecule has 0 unspecified atom stereocenters. The van der Waals surface area contributed by atoms with Crippen molar-refractivity contribution in [1.29, 1.82) is 0 Å². The molecule has 0 radical (unpaired) electrons. The zero-order chi connectivity index (χ0) is 20.8. The molecule has 1 aliphatic rings. The van der Waals surface area contributed by atoms with Gasteiger partial charge in [-0.15, -0.1) is 0 Å². The minimum absolute atomic E-state index is 0. The molecule has 0 spiro atoms. The second-order valence-corrected chi connectivity index (χ2v) is 7.36. The minimum Gasteiger partial charge on any atom is -0.497 e. The van der Waals surface area contributed by atoms with Gasteiger partial charge in [0.2, 0.25) is 0 Å². The van der Waals surface area contributed by atoms with Gasteiger partial charge >= 0.3 is 0 Å². The van der Waals surface area contributed by atoms with E-state index in [0.717, 1.165) is 53.1 Å². The van der Waals surface area contributed by atoms with Crippen molar-refractivity contribution >= 4 is 0 Å². The third-order valence-electron chi connectivity index (χ3n) is 5.11. The Bertz CT molecular complexity index is 958. The van der Waals surface area contributed by atoms with Gasteiger partial charge < -0.3 is 25.1 Å². The first-order chi connectivity index (χ1) is 14.7. The number of benzene rings is 2. The fourth-order valence-corrected chi connectivity index (χ4v) is 3.23. The van der Waals surface area contributed by atoms with E-state index in [2.05, 4.69) is 4.98 Å². The minimum atomic E-state index is 0. The summed E-state index contributed by atoms with van der Waals surface area (Å²) in [6.45, 7) is 2.13. The third-order valence-corrected chi connectivity index (χ3v) is 5.11. The topological polar surface area (TPSA) is 97.7 Å². The van der Waals surface area contributed by atoms with Crippen molar-refractivity contribution < 1.29 is 18.9 Å². The molecule has 0 aliphatic carbocycles. The van der Waals surface area contributed by atoms with Crippen molar-refractivity contribution in [2.45, 2.75) is 12.8 Å². The van der Waals surface area contributed by atoms with E-state index in [9.17, 15) is 0 Å². The lowest BCUT2D eigenvalue weighted by molar-refractivity contribution is -0.0510. The molecule has 1 aliphatic heterocycles. The van der Waals surface area contributed by atoms with Gasteiger partial charge in [-0.25, -0.2) is 9.97 Å². The summed E-state index contributed by atoms with van der Waals surface area (Å²) in [6, 6.07) is 16.0. The smallest absolute Gasteiger partial charge is 0.159 e. The highest BCUT2D eigenvalue weighted by atomic mass is 16.5. The number of rotatable bonds is 9. The van der Waals surface area contributed by atoms with E-state index in [0.29, 0.717) is 25.4 Å². The largest absolute Gasteiger partial charge is 0.497 e. The van der Waals surface area contributed by atoms with Gasteiger partial charge in [0, 0.05) is 18.8 Å². The summed E-state index contributed by atoms with van der Waals surface area (Å²) < 4.78 is 21.8. The van der Waals surface area contributed by atoms with Crippen LogP contribution in [0.2, 0.25) is 0 Å². The monoisotopic (exact) mass is 423 g/mol. The molecule has 0 saturated carbocycles. The Balaban J connectivity index is 0.00000272. The normalized spacial score (nSPS) is 13.1. The van der Waals surface area contributed by atoms with Crippen LogP contribution in [-0.4, -0.2) is 44.0 Å². The summed E-state index contributed by atoms with van der Waals surface area (Å²) in [7, 11) is 3.33. The molecule has 1 saturated heterocycles. The van der Waals surface area contributed by atoms with E-state index < -0.39 is 0 Å². The zero-order valence-electron chi connectivity index (χ0n) is 18.0. The molecule has 0 amide bonds. The lowest BCUT2D eigenvalue weighted by atomic mass is 10.1. The van der Waals surface area contributed by atoms with Crippen LogP contribution in [0.4, 0.5) is 0 Å². The van der Waals surface area contributed by atoms with Crippen LogP contribution in [0, 0.1) is 5.92 Å². The predicted octanol–water partition coefficient (Wildman–Crippen LogP) is 3.86. The van der Waals surface area contributed by atoms with Crippen molar-refractivity contribution in [1.82, 2.24) is 16.1 Å². The molecule has 7 heteroatoms. The summed E-state index contributed by atoms with van der Waals surface area (Å²) in [5.74, 6) is 3.61. The van der Waals surface area contributed by atoms with Gasteiger partial charge in [0.15, 0.2) is 5.75 Å². The van der Waals surface area contributed by atoms with E-state index in [-0.39, 0.29) is 6.15 Å². The van der Waals surface area contributed by atoms with Gasteiger partial charge in [-0.2, -0.15) is 0 Å². The third kappa shape index (κ3) is 5.93. The van der Waals surface area contributed by atoms with E-state index in [1.54, 1.807) is 20.4 Å². The first-order valence-corrected chi connectivity index (χ1v) is 10.0. The quantitative estimate of drug-likeness (QED) is 0.558. The van der Waals surface area contributed by atoms with Gasteiger partial charge in [0.1, 0.15) is 17.3 Å². The molecule has 0 atom stereocenters. The molecule has 0 bridgehead atoms. The Morgan fingerprint density at radius 1 is 0.871 bits per heavy atom. The Morgan fingerprint density at radius 3 is 1.97 bits per heavy atom. The van der Waals surface area contributed by atoms with Gasteiger partial charge in [-0.3, -0.25) is 0 Å². The van der Waals surface area contributed by atoms with Crippen LogP contribution >= 0.6 is 0 Å². The lowest BCUT2D eigenvalue weighted by Crippen LogP contribution is -2.32. The Kier molecular flexibility index (Phi) is 7.81. The van der Waals surface area contributed by atoms with E-state index in [1.807, 2.05) is 48.5 Å². The molecular formula is C24H29N3O4. The van der Waals surface area contributed by atoms with Crippen LogP contribution in [0.3, 0.4) is 0 Å². The van der Waals surface area contributed by atoms with Crippen molar-refractivity contribution in [3.63, 3.8) is 0 Å². The van der Waals surface area contributed by atoms with Gasteiger partial charge in [0.25, 0.3) is 0 Å². The van der Waals surface area contributed by atoms with Crippen molar-refractivity contribution in [3.8, 4) is 17.2 Å². The predicted molar refractivity (Wildman–Crippen MR) is 118 cm³/mol. The van der Waals surface area contributed by atoms with E-state index in [4.69, 9.17) is 23.9 Å². The second-order valence-electron chi connectivity index (χ2n) is 7.36. The highest BCUT2D eigenvalue weighted by Crippen LogP contribution is 2.23. The summed E-state index contributed by atoms with van der Waals surface area (Å²) in [5.41, 5.74) is 3.16. The van der Waals surface area contributed by atoms with Crippen LogP contribution in [0.1, 0.15) is 22.6 Å². The highest BCUT2D eigenvalue weighted by molar-refractivity contribution is 5.35. The molecule has 3 aromatic rings. The molecule has 7 nitrogen and oxygen atoms in total. The molecule has 31 heavy (non-hydrogen) atoms. The highest BCUT2D eigenvalue weighted by Gasteiger charge is 2.20. The standard InChI is InChI=1S/C24H26N2O4.H3N/c1-27-20-7-3-17(4-8-20)11-22-23(30-16-19-14-29-15-19)13-25-24(26-22)12-18-5-9-21(28-2)10-6-18;/h3-10,13,19H,11-12,14-16H2,1-2H3;1H3.